The molecule has 3 aromatic heterocycles. The van der Waals surface area contributed by atoms with Gasteiger partial charge in [-0.3, -0.25) is 9.97 Å². The van der Waals surface area contributed by atoms with E-state index in [1.165, 1.54) is 37.9 Å². The van der Waals surface area contributed by atoms with Gasteiger partial charge in [-0.1, -0.05) is 5.21 Å². The normalized spacial score (nSPS) is 25.2. The fraction of sp³-hybridized carbons (Fsp3) is 0.607. The third kappa shape index (κ3) is 4.27. The average molecular weight is 532 g/mol. The molecule has 5 fully saturated rings. The van der Waals surface area contributed by atoms with Crippen molar-refractivity contribution in [3.05, 3.63) is 42.6 Å². The zero-order valence-corrected chi connectivity index (χ0v) is 22.2. The molecular formula is C28H37N9O2. The van der Waals surface area contributed by atoms with Crippen molar-refractivity contribution in [2.75, 3.05) is 69.0 Å². The summed E-state index contributed by atoms with van der Waals surface area (Å²) in [6, 6.07) is 4.89. The third-order valence-electron chi connectivity index (χ3n) is 9.09. The molecule has 3 aromatic rings. The molecule has 11 heteroatoms. The van der Waals surface area contributed by atoms with Gasteiger partial charge in [-0.05, 0) is 50.3 Å². The monoisotopic (exact) mass is 531 g/mol. The van der Waals surface area contributed by atoms with Gasteiger partial charge >= 0.3 is 0 Å². The van der Waals surface area contributed by atoms with Gasteiger partial charge in [-0.25, -0.2) is 9.67 Å². The summed E-state index contributed by atoms with van der Waals surface area (Å²) >= 11 is 0. The molecule has 1 spiro atoms. The summed E-state index contributed by atoms with van der Waals surface area (Å²) in [6.07, 6.45) is 12.8. The van der Waals surface area contributed by atoms with E-state index in [2.05, 4.69) is 42.5 Å². The van der Waals surface area contributed by atoms with Gasteiger partial charge in [-0.2, -0.15) is 0 Å². The molecule has 1 N–H and O–H groups in total. The first-order chi connectivity index (χ1) is 19.2. The lowest BCUT2D eigenvalue weighted by molar-refractivity contribution is -0.127. The average Bonchev–Trinajstić information content (AvgIpc) is 3.61. The Balaban J connectivity index is 0.00000264. The number of nitrogens with one attached hydrogen (secondary N) is 1. The van der Waals surface area contributed by atoms with Crippen LogP contribution in [0.25, 0.3) is 11.4 Å². The summed E-state index contributed by atoms with van der Waals surface area (Å²) in [5.74, 6) is 1.78. The lowest BCUT2D eigenvalue weighted by Crippen LogP contribution is -2.66. The highest BCUT2D eigenvalue weighted by Gasteiger charge is 2.49. The number of pyridine rings is 1. The van der Waals surface area contributed by atoms with Crippen molar-refractivity contribution in [2.45, 2.75) is 37.3 Å². The number of ether oxygens (including phenoxy) is 2. The predicted molar refractivity (Wildman–Crippen MR) is 147 cm³/mol. The molecule has 11 nitrogen and oxygen atoms in total. The highest BCUT2D eigenvalue weighted by molar-refractivity contribution is 5.55. The summed E-state index contributed by atoms with van der Waals surface area (Å²) < 4.78 is 13.0. The van der Waals surface area contributed by atoms with Crippen LogP contribution in [0, 0.1) is 11.3 Å². The van der Waals surface area contributed by atoms with Crippen LogP contribution in [0.1, 0.15) is 32.8 Å². The Morgan fingerprint density at radius 2 is 1.85 bits per heavy atom. The molecule has 206 valence electrons. The van der Waals surface area contributed by atoms with Gasteiger partial charge in [0.1, 0.15) is 17.2 Å². The molecule has 0 unspecified atom stereocenters. The molecule has 39 heavy (non-hydrogen) atoms. The third-order valence-corrected chi connectivity index (χ3v) is 9.09. The summed E-state index contributed by atoms with van der Waals surface area (Å²) in [4.78, 5) is 18.9. The van der Waals surface area contributed by atoms with E-state index in [4.69, 9.17) is 19.4 Å². The van der Waals surface area contributed by atoms with Crippen LogP contribution in [-0.4, -0.2) is 95.1 Å². The Kier molecular flexibility index (Phi) is 5.60. The Hall–Kier alpha value is -3.15. The van der Waals surface area contributed by atoms with Crippen LogP contribution in [0.5, 0.6) is 0 Å². The van der Waals surface area contributed by atoms with Crippen LogP contribution >= 0.6 is 0 Å². The molecule has 1 atom stereocenters. The minimum absolute atomic E-state index is 0. The fourth-order valence-electron chi connectivity index (χ4n) is 6.30. The van der Waals surface area contributed by atoms with E-state index in [-0.39, 0.29) is 1.43 Å². The van der Waals surface area contributed by atoms with Gasteiger partial charge in [0.15, 0.2) is 5.54 Å². The maximum absolute atomic E-state index is 5.69. The van der Waals surface area contributed by atoms with Crippen molar-refractivity contribution in [1.82, 2.24) is 35.3 Å². The lowest BCUT2D eigenvalue weighted by Gasteiger charge is -2.55. The van der Waals surface area contributed by atoms with Gasteiger partial charge in [-0.15, -0.1) is 5.10 Å². The van der Waals surface area contributed by atoms with E-state index in [1.54, 1.807) is 6.20 Å². The summed E-state index contributed by atoms with van der Waals surface area (Å²) in [7, 11) is 0. The van der Waals surface area contributed by atoms with E-state index in [0.29, 0.717) is 30.4 Å². The minimum Gasteiger partial charge on any atom is -0.380 e. The van der Waals surface area contributed by atoms with Crippen molar-refractivity contribution in [2.24, 2.45) is 11.3 Å². The topological polar surface area (TPSA) is 106 Å². The number of aromatic nitrogens is 6. The van der Waals surface area contributed by atoms with Crippen LogP contribution < -0.4 is 15.1 Å². The van der Waals surface area contributed by atoms with Crippen LogP contribution in [0.3, 0.4) is 0 Å². The standard InChI is InChI=1S/C28H35N9O2.H2/c1-2-21(30-8-20-3-4-20)12-35(7-1)22-5-6-25(31-9-22)28(18-39-19-28)37-13-24(33-34-37)23-10-29-11-26(32-23)36-14-27(15-36)16-38-17-27;/h5-6,9-11,13,20-21,30H,1-4,7-8,12,14-19H2;1H/t21-;/m1./s1. The number of hydrogen-bond acceptors (Lipinski definition) is 10. The van der Waals surface area contributed by atoms with Crippen molar-refractivity contribution in [3.8, 4) is 11.4 Å². The minimum atomic E-state index is -0.459. The van der Waals surface area contributed by atoms with Crippen molar-refractivity contribution < 1.29 is 10.9 Å². The largest absolute Gasteiger partial charge is 0.380 e. The highest BCUT2D eigenvalue weighted by Crippen LogP contribution is 2.40. The number of piperidine rings is 1. The molecule has 8 rings (SSSR count). The summed E-state index contributed by atoms with van der Waals surface area (Å²) in [5, 5.41) is 12.8. The lowest BCUT2D eigenvalue weighted by atomic mass is 9.78. The summed E-state index contributed by atoms with van der Waals surface area (Å²) in [5.41, 5.74) is 3.41. The van der Waals surface area contributed by atoms with E-state index in [0.717, 1.165) is 62.5 Å². The molecule has 0 radical (unpaired) electrons. The SMILES string of the molecule is [HH].c1cc(C2(n3cc(-c4cncc(N5CC6(COC6)C5)n4)nn3)COC2)ncc1N1CCC[C@@H](NCC2CC2)C1. The molecule has 5 aliphatic rings. The second-order valence-electron chi connectivity index (χ2n) is 12.2. The highest BCUT2D eigenvalue weighted by atomic mass is 16.5. The first-order valence-electron chi connectivity index (χ1n) is 14.3. The van der Waals surface area contributed by atoms with Gasteiger partial charge in [0.2, 0.25) is 0 Å². The fourth-order valence-corrected chi connectivity index (χ4v) is 6.30. The molecule has 4 saturated heterocycles. The van der Waals surface area contributed by atoms with Crippen LogP contribution in [0.4, 0.5) is 11.5 Å². The van der Waals surface area contributed by atoms with Gasteiger partial charge in [0, 0.05) is 33.6 Å². The van der Waals surface area contributed by atoms with Crippen molar-refractivity contribution in [1.29, 1.82) is 0 Å². The van der Waals surface area contributed by atoms with Gasteiger partial charge in [0.05, 0.1) is 68.0 Å². The number of hydrogen-bond donors (Lipinski definition) is 1. The van der Waals surface area contributed by atoms with Crippen LogP contribution in [0.15, 0.2) is 36.9 Å². The molecule has 4 aliphatic heterocycles. The van der Waals surface area contributed by atoms with Gasteiger partial charge in [0.25, 0.3) is 0 Å². The molecular weight excluding hydrogens is 494 g/mol. The number of anilines is 2. The van der Waals surface area contributed by atoms with E-state index >= 15 is 0 Å². The zero-order valence-electron chi connectivity index (χ0n) is 22.2. The predicted octanol–water partition coefficient (Wildman–Crippen LogP) is 1.95. The molecule has 1 aliphatic carbocycles. The van der Waals surface area contributed by atoms with E-state index < -0.39 is 5.54 Å². The number of nitrogens with zero attached hydrogens (tertiary/aromatic N) is 8. The Bertz CT molecular complexity index is 1330. The van der Waals surface area contributed by atoms with E-state index in [9.17, 15) is 0 Å². The molecule has 7 heterocycles. The molecule has 0 bridgehead atoms. The smallest absolute Gasteiger partial charge is 0.152 e. The van der Waals surface area contributed by atoms with Crippen molar-refractivity contribution >= 4 is 11.5 Å². The second-order valence-corrected chi connectivity index (χ2v) is 12.2. The Morgan fingerprint density at radius 1 is 0.974 bits per heavy atom. The van der Waals surface area contributed by atoms with E-state index in [1.807, 2.05) is 23.3 Å². The van der Waals surface area contributed by atoms with Crippen LogP contribution in [0.2, 0.25) is 0 Å². The first kappa shape index (κ1) is 23.7. The zero-order chi connectivity index (χ0) is 25.9. The van der Waals surface area contributed by atoms with Crippen LogP contribution in [-0.2, 0) is 15.0 Å². The Labute approximate surface area is 229 Å². The maximum atomic E-state index is 5.69. The van der Waals surface area contributed by atoms with Crippen molar-refractivity contribution in [3.63, 3.8) is 0 Å². The van der Waals surface area contributed by atoms with Gasteiger partial charge < -0.3 is 24.6 Å². The molecule has 0 amide bonds. The molecule has 1 saturated carbocycles. The maximum Gasteiger partial charge on any atom is 0.152 e. The Morgan fingerprint density at radius 3 is 2.56 bits per heavy atom. The summed E-state index contributed by atoms with van der Waals surface area (Å²) in [6.45, 7) is 7.95. The second kappa shape index (κ2) is 9.21. The quantitative estimate of drug-likeness (QED) is 0.464. The number of rotatable bonds is 8. The molecule has 0 aromatic carbocycles. The first-order valence-corrected chi connectivity index (χ1v) is 14.3.